The van der Waals surface area contributed by atoms with Gasteiger partial charge in [0.1, 0.15) is 5.75 Å². The first-order chi connectivity index (χ1) is 13.2. The van der Waals surface area contributed by atoms with Gasteiger partial charge in [-0.25, -0.2) is 4.68 Å². The first kappa shape index (κ1) is 17.2. The second kappa shape index (κ2) is 7.16. The van der Waals surface area contributed by atoms with Gasteiger partial charge in [-0.1, -0.05) is 11.8 Å². The van der Waals surface area contributed by atoms with Crippen LogP contribution in [0.1, 0.15) is 18.1 Å². The summed E-state index contributed by atoms with van der Waals surface area (Å²) in [5.74, 6) is 8.73. The van der Waals surface area contributed by atoms with Crippen molar-refractivity contribution in [3.8, 4) is 28.8 Å². The van der Waals surface area contributed by atoms with Crippen molar-refractivity contribution in [2.75, 3.05) is 13.0 Å². The summed E-state index contributed by atoms with van der Waals surface area (Å²) in [6, 6.07) is 10.9. The number of hydrogen-bond acceptors (Lipinski definition) is 9. The number of ether oxygens (including phenoxy) is 1. The molecule has 0 spiro atoms. The number of furan rings is 1. The quantitative estimate of drug-likeness (QED) is 0.395. The molecule has 4 aromatic rings. The maximum Gasteiger partial charge on any atom is 0.247 e. The van der Waals surface area contributed by atoms with Gasteiger partial charge in [0, 0.05) is 5.56 Å². The van der Waals surface area contributed by atoms with Crippen LogP contribution in [0.4, 0.5) is 0 Å². The van der Waals surface area contributed by atoms with Crippen molar-refractivity contribution in [2.24, 2.45) is 0 Å². The fourth-order valence-electron chi connectivity index (χ4n) is 2.39. The van der Waals surface area contributed by atoms with Crippen LogP contribution < -0.4 is 10.6 Å². The van der Waals surface area contributed by atoms with Crippen molar-refractivity contribution in [1.29, 1.82) is 0 Å². The number of nitrogens with zero attached hydrogens (tertiary/aromatic N) is 5. The summed E-state index contributed by atoms with van der Waals surface area (Å²) in [5.41, 5.74) is 0.814. The molecule has 0 saturated carbocycles. The molecule has 1 aromatic carbocycles. The van der Waals surface area contributed by atoms with Gasteiger partial charge in [-0.15, -0.1) is 20.4 Å². The number of nitrogens with two attached hydrogens (primary N) is 1. The van der Waals surface area contributed by atoms with Crippen LogP contribution in [0.15, 0.2) is 56.7 Å². The number of nitrogen functional groups attached to an aromatic ring is 1. The summed E-state index contributed by atoms with van der Waals surface area (Å²) in [7, 11) is 1.62. The minimum Gasteiger partial charge on any atom is -0.497 e. The van der Waals surface area contributed by atoms with Gasteiger partial charge < -0.3 is 19.4 Å². The zero-order valence-electron chi connectivity index (χ0n) is 14.6. The van der Waals surface area contributed by atoms with E-state index < -0.39 is 0 Å². The van der Waals surface area contributed by atoms with E-state index in [4.69, 9.17) is 19.4 Å². The van der Waals surface area contributed by atoms with Gasteiger partial charge >= 0.3 is 0 Å². The van der Waals surface area contributed by atoms with E-state index in [1.165, 1.54) is 16.4 Å². The van der Waals surface area contributed by atoms with E-state index >= 15 is 0 Å². The van der Waals surface area contributed by atoms with Gasteiger partial charge in [0.25, 0.3) is 0 Å². The third-order valence-electron chi connectivity index (χ3n) is 3.81. The van der Waals surface area contributed by atoms with Crippen molar-refractivity contribution >= 4 is 11.8 Å². The van der Waals surface area contributed by atoms with E-state index in [0.29, 0.717) is 28.5 Å². The molecule has 0 radical (unpaired) electrons. The van der Waals surface area contributed by atoms with Crippen LogP contribution in [-0.2, 0) is 0 Å². The SMILES string of the molecule is COc1ccc(-c2nnc([C@@H](C)Sc3nnc(-c4ccco4)n3N)o2)cc1. The number of hydrogen-bond donors (Lipinski definition) is 1. The minimum absolute atomic E-state index is 0.166. The van der Waals surface area contributed by atoms with Crippen molar-refractivity contribution < 1.29 is 13.6 Å². The number of rotatable bonds is 6. The molecule has 2 N–H and O–H groups in total. The molecule has 0 aliphatic heterocycles. The Morgan fingerprint density at radius 1 is 1.11 bits per heavy atom. The molecule has 0 fully saturated rings. The zero-order valence-corrected chi connectivity index (χ0v) is 15.4. The lowest BCUT2D eigenvalue weighted by molar-refractivity contribution is 0.415. The Bertz CT molecular complexity index is 1030. The highest BCUT2D eigenvalue weighted by molar-refractivity contribution is 7.99. The maximum atomic E-state index is 6.08. The lowest BCUT2D eigenvalue weighted by atomic mass is 10.2. The summed E-state index contributed by atoms with van der Waals surface area (Å²) in [4.78, 5) is 0. The molecule has 3 aromatic heterocycles. The van der Waals surface area contributed by atoms with E-state index in [1.807, 2.05) is 31.2 Å². The molecule has 0 saturated heterocycles. The predicted octanol–water partition coefficient (Wildman–Crippen LogP) is 3.16. The lowest BCUT2D eigenvalue weighted by Gasteiger charge is -2.06. The largest absolute Gasteiger partial charge is 0.497 e. The molecule has 1 atom stereocenters. The van der Waals surface area contributed by atoms with Crippen molar-refractivity contribution in [2.45, 2.75) is 17.3 Å². The summed E-state index contributed by atoms with van der Waals surface area (Å²) in [6.45, 7) is 1.93. The Labute approximate surface area is 158 Å². The highest BCUT2D eigenvalue weighted by atomic mass is 32.2. The maximum absolute atomic E-state index is 6.08. The first-order valence-electron chi connectivity index (χ1n) is 8.04. The Morgan fingerprint density at radius 2 is 1.93 bits per heavy atom. The molecule has 0 bridgehead atoms. The molecule has 0 amide bonds. The summed E-state index contributed by atoms with van der Waals surface area (Å²) in [5, 5.41) is 16.8. The normalized spacial score (nSPS) is 12.2. The van der Waals surface area contributed by atoms with Gasteiger partial charge in [-0.05, 0) is 43.3 Å². The van der Waals surface area contributed by atoms with Gasteiger partial charge in [-0.3, -0.25) is 0 Å². The highest BCUT2D eigenvalue weighted by Crippen LogP contribution is 2.35. The number of methoxy groups -OCH3 is 1. The van der Waals surface area contributed by atoms with E-state index in [1.54, 1.807) is 25.5 Å². The van der Waals surface area contributed by atoms with Gasteiger partial charge in [0.05, 0.1) is 18.6 Å². The fraction of sp³-hybridized carbons (Fsp3) is 0.176. The van der Waals surface area contributed by atoms with Crippen molar-refractivity contribution in [3.05, 3.63) is 48.6 Å². The number of thioether (sulfide) groups is 1. The van der Waals surface area contributed by atoms with E-state index in [-0.39, 0.29) is 5.25 Å². The molecule has 10 heteroatoms. The monoisotopic (exact) mass is 384 g/mol. The van der Waals surface area contributed by atoms with Gasteiger partial charge in [-0.2, -0.15) is 0 Å². The van der Waals surface area contributed by atoms with E-state index in [0.717, 1.165) is 11.3 Å². The van der Waals surface area contributed by atoms with Gasteiger partial charge in [0.15, 0.2) is 5.76 Å². The highest BCUT2D eigenvalue weighted by Gasteiger charge is 2.21. The molecule has 27 heavy (non-hydrogen) atoms. The minimum atomic E-state index is -0.166. The van der Waals surface area contributed by atoms with Gasteiger partial charge in [0.2, 0.25) is 22.8 Å². The lowest BCUT2D eigenvalue weighted by Crippen LogP contribution is -2.11. The summed E-state index contributed by atoms with van der Waals surface area (Å²) in [6.07, 6.45) is 1.55. The average Bonchev–Trinajstić information content (AvgIpc) is 3.44. The molecule has 3 heterocycles. The molecule has 9 nitrogen and oxygen atoms in total. The second-order valence-electron chi connectivity index (χ2n) is 5.59. The van der Waals surface area contributed by atoms with E-state index in [9.17, 15) is 0 Å². The van der Waals surface area contributed by atoms with Crippen LogP contribution in [0.3, 0.4) is 0 Å². The first-order valence-corrected chi connectivity index (χ1v) is 8.92. The van der Waals surface area contributed by atoms with Crippen LogP contribution in [0.2, 0.25) is 0 Å². The van der Waals surface area contributed by atoms with Crippen LogP contribution in [0, 0.1) is 0 Å². The summed E-state index contributed by atoms with van der Waals surface area (Å²) >= 11 is 1.36. The number of aromatic nitrogens is 5. The number of benzene rings is 1. The predicted molar refractivity (Wildman–Crippen MR) is 98.4 cm³/mol. The molecular weight excluding hydrogens is 368 g/mol. The molecule has 0 aliphatic rings. The second-order valence-corrected chi connectivity index (χ2v) is 6.90. The van der Waals surface area contributed by atoms with Crippen molar-refractivity contribution in [1.82, 2.24) is 25.1 Å². The van der Waals surface area contributed by atoms with Crippen LogP contribution in [0.5, 0.6) is 5.75 Å². The zero-order chi connectivity index (χ0) is 18.8. The third-order valence-corrected chi connectivity index (χ3v) is 4.86. The molecule has 0 aliphatic carbocycles. The molecule has 4 rings (SSSR count). The average molecular weight is 384 g/mol. The van der Waals surface area contributed by atoms with Crippen molar-refractivity contribution in [3.63, 3.8) is 0 Å². The fourth-order valence-corrected chi connectivity index (χ4v) is 3.19. The molecular formula is C17H16N6O3S. The van der Waals surface area contributed by atoms with Crippen LogP contribution in [-0.4, -0.2) is 32.2 Å². The smallest absolute Gasteiger partial charge is 0.247 e. The Balaban J connectivity index is 1.51. The Kier molecular flexibility index (Phi) is 4.55. The molecule has 0 unspecified atom stereocenters. The Morgan fingerprint density at radius 3 is 2.63 bits per heavy atom. The topological polar surface area (TPSA) is 118 Å². The van der Waals surface area contributed by atoms with E-state index in [2.05, 4.69) is 20.4 Å². The molecule has 138 valence electrons. The summed E-state index contributed by atoms with van der Waals surface area (Å²) < 4.78 is 17.6. The third kappa shape index (κ3) is 3.38. The van der Waals surface area contributed by atoms with Crippen LogP contribution >= 0.6 is 11.8 Å². The standard InChI is InChI=1S/C17H16N6O3S/c1-10(27-17-22-19-14(23(17)18)13-4-3-9-25-13)15-20-21-16(26-15)11-5-7-12(24-2)8-6-11/h3-10H,18H2,1-2H3/t10-/m1/s1. The van der Waals surface area contributed by atoms with Crippen LogP contribution in [0.25, 0.3) is 23.0 Å². The Hall–Kier alpha value is -3.27.